The van der Waals surface area contributed by atoms with Gasteiger partial charge < -0.3 is 10.2 Å². The molecule has 112 valence electrons. The van der Waals surface area contributed by atoms with E-state index in [0.717, 1.165) is 32.7 Å². The average molecular weight is 275 g/mol. The van der Waals surface area contributed by atoms with Crippen LogP contribution in [0, 0.1) is 0 Å². The number of piperazine rings is 1. The van der Waals surface area contributed by atoms with E-state index in [-0.39, 0.29) is 0 Å². The molecule has 0 amide bonds. The first-order valence-electron chi connectivity index (χ1n) is 8.05. The predicted molar refractivity (Wildman–Crippen MR) is 86.1 cm³/mol. The summed E-state index contributed by atoms with van der Waals surface area (Å²) in [7, 11) is 0. The van der Waals surface area contributed by atoms with Crippen molar-refractivity contribution < 1.29 is 0 Å². The van der Waals surface area contributed by atoms with Crippen molar-refractivity contribution in [2.75, 3.05) is 45.8 Å². The van der Waals surface area contributed by atoms with Crippen LogP contribution in [0.2, 0.25) is 0 Å². The smallest absolute Gasteiger partial charge is 0.0236 e. The minimum Gasteiger partial charge on any atom is -0.314 e. The van der Waals surface area contributed by atoms with Crippen molar-refractivity contribution in [1.82, 2.24) is 15.1 Å². The third-order valence-corrected chi connectivity index (χ3v) is 4.31. The van der Waals surface area contributed by atoms with Crippen LogP contribution in [0.1, 0.15) is 25.0 Å². The molecule has 0 bridgehead atoms. The molecule has 20 heavy (non-hydrogen) atoms. The van der Waals surface area contributed by atoms with E-state index in [1.165, 1.54) is 37.2 Å². The van der Waals surface area contributed by atoms with E-state index in [0.29, 0.717) is 0 Å². The summed E-state index contributed by atoms with van der Waals surface area (Å²) in [6, 6.07) is 8.96. The maximum Gasteiger partial charge on any atom is 0.0236 e. The molecule has 1 aromatic rings. The van der Waals surface area contributed by atoms with E-state index in [9.17, 15) is 0 Å². The van der Waals surface area contributed by atoms with E-state index in [2.05, 4.69) is 53.2 Å². The average Bonchev–Trinajstić information content (AvgIpc) is 2.52. The first kappa shape index (κ1) is 15.5. The van der Waals surface area contributed by atoms with Gasteiger partial charge in [-0.25, -0.2) is 0 Å². The third-order valence-electron chi connectivity index (χ3n) is 4.31. The molecule has 2 rings (SSSR count). The molecule has 1 aliphatic heterocycles. The van der Waals surface area contributed by atoms with Gasteiger partial charge in [0.2, 0.25) is 0 Å². The first-order valence-corrected chi connectivity index (χ1v) is 8.05. The van der Waals surface area contributed by atoms with Crippen LogP contribution in [-0.2, 0) is 13.0 Å². The van der Waals surface area contributed by atoms with E-state index in [1.54, 1.807) is 0 Å². The van der Waals surface area contributed by atoms with Gasteiger partial charge in [-0.05, 0) is 30.6 Å². The lowest BCUT2D eigenvalue weighted by Crippen LogP contribution is -2.44. The summed E-state index contributed by atoms with van der Waals surface area (Å²) in [6.45, 7) is 13.7. The summed E-state index contributed by atoms with van der Waals surface area (Å²) in [4.78, 5) is 5.06. The van der Waals surface area contributed by atoms with Gasteiger partial charge in [0, 0.05) is 39.3 Å². The van der Waals surface area contributed by atoms with Gasteiger partial charge in [-0.3, -0.25) is 4.90 Å². The van der Waals surface area contributed by atoms with Gasteiger partial charge in [-0.1, -0.05) is 38.1 Å². The number of rotatable bonds is 7. The van der Waals surface area contributed by atoms with Crippen LogP contribution in [0.4, 0.5) is 0 Å². The molecule has 3 nitrogen and oxygen atoms in total. The maximum atomic E-state index is 3.42. The van der Waals surface area contributed by atoms with Crippen LogP contribution < -0.4 is 5.32 Å². The van der Waals surface area contributed by atoms with Gasteiger partial charge in [0.05, 0.1) is 0 Å². The Morgan fingerprint density at radius 2 is 1.70 bits per heavy atom. The fraction of sp³-hybridized carbons (Fsp3) is 0.647. The SMILES string of the molecule is CCN(CC)Cc1ccccc1CCN1CCNCC1. The molecule has 0 spiro atoms. The van der Waals surface area contributed by atoms with E-state index >= 15 is 0 Å². The van der Waals surface area contributed by atoms with Crippen LogP contribution >= 0.6 is 0 Å². The summed E-state index contributed by atoms with van der Waals surface area (Å²) >= 11 is 0. The molecular formula is C17H29N3. The summed E-state index contributed by atoms with van der Waals surface area (Å²) in [5.41, 5.74) is 3.03. The van der Waals surface area contributed by atoms with Crippen molar-refractivity contribution in [2.24, 2.45) is 0 Å². The highest BCUT2D eigenvalue weighted by Crippen LogP contribution is 2.13. The van der Waals surface area contributed by atoms with Crippen molar-refractivity contribution in [1.29, 1.82) is 0 Å². The number of nitrogens with one attached hydrogen (secondary N) is 1. The zero-order valence-corrected chi connectivity index (χ0v) is 13.1. The van der Waals surface area contributed by atoms with Crippen molar-refractivity contribution in [3.05, 3.63) is 35.4 Å². The van der Waals surface area contributed by atoms with Gasteiger partial charge in [0.25, 0.3) is 0 Å². The predicted octanol–water partition coefficient (Wildman–Crippen LogP) is 1.98. The van der Waals surface area contributed by atoms with Gasteiger partial charge in [0.1, 0.15) is 0 Å². The van der Waals surface area contributed by atoms with E-state index in [1.807, 2.05) is 0 Å². The van der Waals surface area contributed by atoms with Crippen molar-refractivity contribution in [3.8, 4) is 0 Å². The zero-order valence-electron chi connectivity index (χ0n) is 13.1. The van der Waals surface area contributed by atoms with Crippen molar-refractivity contribution in [2.45, 2.75) is 26.8 Å². The Bertz CT molecular complexity index is 382. The van der Waals surface area contributed by atoms with E-state index in [4.69, 9.17) is 0 Å². The second-order valence-electron chi connectivity index (χ2n) is 5.57. The standard InChI is InChI=1S/C17H29N3/c1-3-19(4-2)15-17-8-6-5-7-16(17)9-12-20-13-10-18-11-14-20/h5-8,18H,3-4,9-15H2,1-2H3. The van der Waals surface area contributed by atoms with Gasteiger partial charge in [-0.2, -0.15) is 0 Å². The number of benzene rings is 1. The Kier molecular flexibility index (Phi) is 6.51. The molecule has 1 heterocycles. The Morgan fingerprint density at radius 1 is 1.05 bits per heavy atom. The second kappa shape index (κ2) is 8.40. The molecule has 0 atom stereocenters. The van der Waals surface area contributed by atoms with Crippen LogP contribution in [0.5, 0.6) is 0 Å². The zero-order chi connectivity index (χ0) is 14.2. The Hall–Kier alpha value is -0.900. The van der Waals surface area contributed by atoms with Crippen LogP contribution in [0.15, 0.2) is 24.3 Å². The Balaban J connectivity index is 1.92. The normalized spacial score (nSPS) is 16.8. The maximum absolute atomic E-state index is 3.42. The molecule has 1 aliphatic rings. The molecule has 1 fully saturated rings. The third kappa shape index (κ3) is 4.58. The lowest BCUT2D eigenvalue weighted by Gasteiger charge is -2.27. The first-order chi connectivity index (χ1) is 9.83. The topological polar surface area (TPSA) is 18.5 Å². The monoisotopic (exact) mass is 275 g/mol. The Morgan fingerprint density at radius 3 is 2.35 bits per heavy atom. The number of nitrogens with zero attached hydrogens (tertiary/aromatic N) is 2. The minimum absolute atomic E-state index is 1.09. The minimum atomic E-state index is 1.09. The van der Waals surface area contributed by atoms with Gasteiger partial charge >= 0.3 is 0 Å². The molecule has 3 heteroatoms. The molecular weight excluding hydrogens is 246 g/mol. The van der Waals surface area contributed by atoms with Gasteiger partial charge in [-0.15, -0.1) is 0 Å². The number of hydrogen-bond donors (Lipinski definition) is 1. The quantitative estimate of drug-likeness (QED) is 0.821. The summed E-state index contributed by atoms with van der Waals surface area (Å²) < 4.78 is 0. The Labute approximate surface area is 124 Å². The van der Waals surface area contributed by atoms with Crippen molar-refractivity contribution in [3.63, 3.8) is 0 Å². The molecule has 1 N–H and O–H groups in total. The van der Waals surface area contributed by atoms with Crippen LogP contribution in [-0.4, -0.2) is 55.6 Å². The van der Waals surface area contributed by atoms with Crippen LogP contribution in [0.25, 0.3) is 0 Å². The second-order valence-corrected chi connectivity index (χ2v) is 5.57. The van der Waals surface area contributed by atoms with Gasteiger partial charge in [0.15, 0.2) is 0 Å². The highest BCUT2D eigenvalue weighted by molar-refractivity contribution is 5.27. The van der Waals surface area contributed by atoms with E-state index < -0.39 is 0 Å². The molecule has 0 aromatic heterocycles. The molecule has 0 unspecified atom stereocenters. The molecule has 1 aromatic carbocycles. The lowest BCUT2D eigenvalue weighted by molar-refractivity contribution is 0.243. The lowest BCUT2D eigenvalue weighted by atomic mass is 10.0. The fourth-order valence-electron chi connectivity index (χ4n) is 2.86. The number of hydrogen-bond acceptors (Lipinski definition) is 3. The molecule has 0 aliphatic carbocycles. The highest BCUT2D eigenvalue weighted by atomic mass is 15.2. The summed E-state index contributed by atoms with van der Waals surface area (Å²) in [5.74, 6) is 0. The highest BCUT2D eigenvalue weighted by Gasteiger charge is 2.11. The fourth-order valence-corrected chi connectivity index (χ4v) is 2.86. The summed E-state index contributed by atoms with van der Waals surface area (Å²) in [5, 5.41) is 3.42. The molecule has 0 saturated carbocycles. The summed E-state index contributed by atoms with van der Waals surface area (Å²) in [6.07, 6.45) is 1.18. The molecule has 1 saturated heterocycles. The van der Waals surface area contributed by atoms with Crippen LogP contribution in [0.3, 0.4) is 0 Å². The van der Waals surface area contributed by atoms with Crippen molar-refractivity contribution >= 4 is 0 Å². The molecule has 0 radical (unpaired) electrons. The largest absolute Gasteiger partial charge is 0.314 e.